The lowest BCUT2D eigenvalue weighted by Gasteiger charge is -2.12. The molecule has 1 saturated carbocycles. The number of amides is 1. The molecule has 1 fully saturated rings. The second-order valence-electron chi connectivity index (χ2n) is 7.57. The van der Waals surface area contributed by atoms with Gasteiger partial charge in [-0.05, 0) is 41.5 Å². The first-order valence-electron chi connectivity index (χ1n) is 10.0. The Balaban J connectivity index is 1.57. The number of hydrogen-bond donors (Lipinski definition) is 2. The van der Waals surface area contributed by atoms with Gasteiger partial charge in [-0.2, -0.15) is 5.10 Å². The number of nitrogens with one attached hydrogen (secondary N) is 2. The van der Waals surface area contributed by atoms with Crippen LogP contribution in [0.4, 0.5) is 11.6 Å². The van der Waals surface area contributed by atoms with E-state index in [0.717, 1.165) is 51.8 Å². The van der Waals surface area contributed by atoms with Crippen LogP contribution in [0.1, 0.15) is 12.8 Å². The second kappa shape index (κ2) is 7.26. The summed E-state index contributed by atoms with van der Waals surface area (Å²) in [5.74, 6) is 1.51. The average molecular weight is 398 g/mol. The summed E-state index contributed by atoms with van der Waals surface area (Å²) < 4.78 is 1.86. The number of aromatic nitrogens is 4. The van der Waals surface area contributed by atoms with E-state index in [9.17, 15) is 4.79 Å². The van der Waals surface area contributed by atoms with Crippen molar-refractivity contribution in [1.82, 2.24) is 19.7 Å². The molecule has 1 aromatic carbocycles. The predicted octanol–water partition coefficient (Wildman–Crippen LogP) is 4.09. The van der Waals surface area contributed by atoms with E-state index in [1.165, 1.54) is 0 Å². The molecule has 0 bridgehead atoms. The molecular weight excluding hydrogens is 376 g/mol. The average Bonchev–Trinajstić information content (AvgIpc) is 3.54. The third-order valence-electron chi connectivity index (χ3n) is 5.52. The first kappa shape index (κ1) is 18.3. The summed E-state index contributed by atoms with van der Waals surface area (Å²) in [5.41, 5.74) is 4.20. The lowest BCUT2D eigenvalue weighted by atomic mass is 9.99. The Morgan fingerprint density at radius 1 is 1.03 bits per heavy atom. The minimum atomic E-state index is 0.0480. The van der Waals surface area contributed by atoms with Gasteiger partial charge in [0, 0.05) is 49.6 Å². The number of nitrogens with zero attached hydrogens (tertiary/aromatic N) is 4. The lowest BCUT2D eigenvalue weighted by molar-refractivity contribution is -0.117. The van der Waals surface area contributed by atoms with E-state index in [-0.39, 0.29) is 11.8 Å². The highest BCUT2D eigenvalue weighted by molar-refractivity contribution is 6.04. The van der Waals surface area contributed by atoms with Crippen molar-refractivity contribution in [3.05, 3.63) is 55.0 Å². The number of anilines is 2. The van der Waals surface area contributed by atoms with Gasteiger partial charge in [0.1, 0.15) is 11.6 Å². The van der Waals surface area contributed by atoms with Crippen molar-refractivity contribution in [2.75, 3.05) is 17.7 Å². The summed E-state index contributed by atoms with van der Waals surface area (Å²) >= 11 is 0. The highest BCUT2D eigenvalue weighted by Gasteiger charge is 2.29. The fourth-order valence-corrected chi connectivity index (χ4v) is 3.68. The molecule has 7 heteroatoms. The topological polar surface area (TPSA) is 84.7 Å². The van der Waals surface area contributed by atoms with E-state index in [0.29, 0.717) is 5.82 Å². The van der Waals surface area contributed by atoms with Crippen LogP contribution >= 0.6 is 0 Å². The molecule has 2 N–H and O–H groups in total. The van der Waals surface area contributed by atoms with Gasteiger partial charge in [0.2, 0.25) is 5.91 Å². The fourth-order valence-electron chi connectivity index (χ4n) is 3.68. The zero-order valence-corrected chi connectivity index (χ0v) is 16.9. The van der Waals surface area contributed by atoms with Crippen LogP contribution in [-0.2, 0) is 11.8 Å². The molecule has 1 aliphatic carbocycles. The molecule has 4 aromatic rings. The molecule has 0 saturated heterocycles. The van der Waals surface area contributed by atoms with Crippen molar-refractivity contribution in [3.8, 4) is 22.4 Å². The van der Waals surface area contributed by atoms with Crippen LogP contribution in [0.25, 0.3) is 33.2 Å². The lowest BCUT2D eigenvalue weighted by Crippen LogP contribution is -2.14. The molecule has 0 unspecified atom stereocenters. The highest BCUT2D eigenvalue weighted by atomic mass is 16.2. The SMILES string of the molecule is CNc1ncc(-c2ccc(-c3ccnn3C)cc2)c2cc(NC(=O)C3CC3)ncc12. The first-order chi connectivity index (χ1) is 14.6. The van der Waals surface area contributed by atoms with Crippen molar-refractivity contribution in [2.24, 2.45) is 13.0 Å². The summed E-state index contributed by atoms with van der Waals surface area (Å²) in [4.78, 5) is 21.2. The van der Waals surface area contributed by atoms with E-state index in [1.807, 2.05) is 37.1 Å². The minimum absolute atomic E-state index is 0.0480. The standard InChI is InChI=1S/C23H22N6O/c1-24-22-19-13-25-21(28-23(30)16-7-8-16)11-17(19)18(12-26-22)14-3-5-15(6-4-14)20-9-10-27-29(20)2/h3-6,9-13,16H,7-8H2,1-2H3,(H,24,26)(H,25,28,30). The summed E-state index contributed by atoms with van der Waals surface area (Å²) in [6.07, 6.45) is 7.34. The Labute approximate surface area is 174 Å². The van der Waals surface area contributed by atoms with Crippen LogP contribution < -0.4 is 10.6 Å². The zero-order valence-electron chi connectivity index (χ0n) is 16.9. The number of rotatable bonds is 5. The second-order valence-corrected chi connectivity index (χ2v) is 7.57. The number of carbonyl (C=O) groups excluding carboxylic acids is 1. The van der Waals surface area contributed by atoms with Crippen LogP contribution in [0.2, 0.25) is 0 Å². The van der Waals surface area contributed by atoms with Crippen molar-refractivity contribution in [2.45, 2.75) is 12.8 Å². The molecule has 0 spiro atoms. The fraction of sp³-hybridized carbons (Fsp3) is 0.217. The number of pyridine rings is 2. The molecule has 1 aliphatic rings. The molecule has 3 heterocycles. The first-order valence-corrected chi connectivity index (χ1v) is 10.0. The normalized spacial score (nSPS) is 13.4. The van der Waals surface area contributed by atoms with Crippen LogP contribution in [0.5, 0.6) is 0 Å². The molecule has 5 rings (SSSR count). The van der Waals surface area contributed by atoms with Gasteiger partial charge in [0.25, 0.3) is 0 Å². The maximum absolute atomic E-state index is 12.2. The Kier molecular flexibility index (Phi) is 4.43. The van der Waals surface area contributed by atoms with Gasteiger partial charge in [0.05, 0.1) is 5.69 Å². The highest BCUT2D eigenvalue weighted by Crippen LogP contribution is 2.34. The molecule has 1 amide bonds. The van der Waals surface area contributed by atoms with Crippen LogP contribution in [0.15, 0.2) is 55.0 Å². The zero-order chi connectivity index (χ0) is 20.7. The summed E-state index contributed by atoms with van der Waals surface area (Å²) in [7, 11) is 3.77. The van der Waals surface area contributed by atoms with Crippen LogP contribution in [0.3, 0.4) is 0 Å². The molecule has 0 radical (unpaired) electrons. The molecular formula is C23H22N6O. The van der Waals surface area contributed by atoms with E-state index in [4.69, 9.17) is 0 Å². The summed E-state index contributed by atoms with van der Waals surface area (Å²) in [6.45, 7) is 0. The molecule has 30 heavy (non-hydrogen) atoms. The Morgan fingerprint density at radius 2 is 1.80 bits per heavy atom. The van der Waals surface area contributed by atoms with Crippen LogP contribution in [0, 0.1) is 5.92 Å². The minimum Gasteiger partial charge on any atom is -0.373 e. The summed E-state index contributed by atoms with van der Waals surface area (Å²) in [5, 5.41) is 12.2. The molecule has 7 nitrogen and oxygen atoms in total. The molecule has 0 aliphatic heterocycles. The Hall–Kier alpha value is -3.74. The van der Waals surface area contributed by atoms with Gasteiger partial charge >= 0.3 is 0 Å². The third kappa shape index (κ3) is 3.28. The van der Waals surface area contributed by atoms with Gasteiger partial charge in [-0.15, -0.1) is 0 Å². The van der Waals surface area contributed by atoms with E-state index in [1.54, 1.807) is 12.4 Å². The maximum atomic E-state index is 12.2. The smallest absolute Gasteiger partial charge is 0.228 e. The van der Waals surface area contributed by atoms with E-state index >= 15 is 0 Å². The van der Waals surface area contributed by atoms with E-state index in [2.05, 4.69) is 50.0 Å². The van der Waals surface area contributed by atoms with Gasteiger partial charge in [-0.3, -0.25) is 9.48 Å². The molecule has 3 aromatic heterocycles. The third-order valence-corrected chi connectivity index (χ3v) is 5.52. The van der Waals surface area contributed by atoms with Crippen molar-refractivity contribution in [1.29, 1.82) is 0 Å². The van der Waals surface area contributed by atoms with Crippen LogP contribution in [-0.4, -0.2) is 32.7 Å². The van der Waals surface area contributed by atoms with Crippen molar-refractivity contribution >= 4 is 28.3 Å². The maximum Gasteiger partial charge on any atom is 0.228 e. The van der Waals surface area contributed by atoms with Gasteiger partial charge in [-0.1, -0.05) is 24.3 Å². The number of hydrogen-bond acceptors (Lipinski definition) is 5. The van der Waals surface area contributed by atoms with E-state index < -0.39 is 0 Å². The quantitative estimate of drug-likeness (QED) is 0.529. The summed E-state index contributed by atoms with van der Waals surface area (Å²) in [6, 6.07) is 12.3. The number of aryl methyl sites for hydroxylation is 1. The monoisotopic (exact) mass is 398 g/mol. The van der Waals surface area contributed by atoms with Gasteiger partial charge in [-0.25, -0.2) is 9.97 Å². The largest absolute Gasteiger partial charge is 0.373 e. The van der Waals surface area contributed by atoms with Gasteiger partial charge < -0.3 is 10.6 Å². The Bertz CT molecular complexity index is 1240. The number of carbonyl (C=O) groups is 1. The Morgan fingerprint density at radius 3 is 2.47 bits per heavy atom. The number of benzene rings is 1. The number of fused-ring (bicyclic) bond motifs is 1. The van der Waals surface area contributed by atoms with Gasteiger partial charge in [0.15, 0.2) is 0 Å². The molecule has 150 valence electrons. The van der Waals surface area contributed by atoms with Crippen molar-refractivity contribution in [3.63, 3.8) is 0 Å². The molecule has 0 atom stereocenters. The predicted molar refractivity (Wildman–Crippen MR) is 118 cm³/mol. The van der Waals surface area contributed by atoms with Crippen molar-refractivity contribution < 1.29 is 4.79 Å².